The fourth-order valence-corrected chi connectivity index (χ4v) is 2.11. The number of hydrogen-bond donors (Lipinski definition) is 1. The van der Waals surface area contributed by atoms with Crippen LogP contribution in [0.4, 0.5) is 0 Å². The monoisotopic (exact) mass is 197 g/mol. The Morgan fingerprint density at radius 1 is 1.69 bits per heavy atom. The molecule has 2 aliphatic carbocycles. The van der Waals surface area contributed by atoms with Crippen LogP contribution >= 0.6 is 11.9 Å². The van der Waals surface area contributed by atoms with Gasteiger partial charge in [-0.15, -0.1) is 6.58 Å². The van der Waals surface area contributed by atoms with E-state index in [1.165, 1.54) is 12.8 Å². The molecule has 0 saturated heterocycles. The van der Waals surface area contributed by atoms with E-state index in [1.807, 2.05) is 6.08 Å². The molecule has 0 aromatic rings. The molecule has 0 aromatic heterocycles. The van der Waals surface area contributed by atoms with E-state index in [1.54, 1.807) is 11.9 Å². The lowest BCUT2D eigenvalue weighted by atomic mass is 10.3. The third kappa shape index (κ3) is 2.08. The van der Waals surface area contributed by atoms with Crippen molar-refractivity contribution in [3.63, 3.8) is 0 Å². The van der Waals surface area contributed by atoms with Gasteiger partial charge in [0, 0.05) is 10.7 Å². The zero-order valence-corrected chi connectivity index (χ0v) is 8.69. The molecule has 2 saturated carbocycles. The van der Waals surface area contributed by atoms with Crippen LogP contribution in [0.25, 0.3) is 0 Å². The smallest absolute Gasteiger partial charge is 0.233 e. The predicted molar refractivity (Wildman–Crippen MR) is 55.2 cm³/mol. The number of carbonyl (C=O) groups is 1. The summed E-state index contributed by atoms with van der Waals surface area (Å²) in [5, 5.41) is 0. The van der Waals surface area contributed by atoms with E-state index in [2.05, 4.69) is 18.2 Å². The van der Waals surface area contributed by atoms with Crippen LogP contribution in [0.15, 0.2) is 12.7 Å². The molecule has 2 fully saturated rings. The zero-order valence-electron chi connectivity index (χ0n) is 7.88. The molecule has 2 atom stereocenters. The summed E-state index contributed by atoms with van der Waals surface area (Å²) in [6, 6.07) is 0. The molecule has 0 aromatic carbocycles. The van der Waals surface area contributed by atoms with Crippen LogP contribution in [0.2, 0.25) is 0 Å². The van der Waals surface area contributed by atoms with Gasteiger partial charge < -0.3 is 0 Å². The lowest BCUT2D eigenvalue weighted by molar-refractivity contribution is -0.120. The van der Waals surface area contributed by atoms with E-state index >= 15 is 0 Å². The first-order chi connectivity index (χ1) is 6.14. The van der Waals surface area contributed by atoms with E-state index in [4.69, 9.17) is 0 Å². The first-order valence-electron chi connectivity index (χ1n) is 4.75. The lowest BCUT2D eigenvalue weighted by Crippen LogP contribution is -2.21. The van der Waals surface area contributed by atoms with Crippen molar-refractivity contribution in [2.45, 2.75) is 30.9 Å². The van der Waals surface area contributed by atoms with Crippen molar-refractivity contribution < 1.29 is 4.79 Å². The Balaban J connectivity index is 1.70. The van der Waals surface area contributed by atoms with Gasteiger partial charge in [-0.1, -0.05) is 6.08 Å². The minimum absolute atomic E-state index is 0.197. The molecule has 0 aliphatic heterocycles. The fourth-order valence-electron chi connectivity index (χ4n) is 1.30. The first-order valence-corrected chi connectivity index (χ1v) is 5.57. The Kier molecular flexibility index (Phi) is 2.14. The van der Waals surface area contributed by atoms with Gasteiger partial charge in [0.15, 0.2) is 0 Å². The minimum Gasteiger partial charge on any atom is -0.299 e. The second-order valence-electron chi connectivity index (χ2n) is 4.26. The van der Waals surface area contributed by atoms with E-state index < -0.39 is 0 Å². The Labute approximate surface area is 83.3 Å². The van der Waals surface area contributed by atoms with Gasteiger partial charge in [-0.3, -0.25) is 9.52 Å². The molecule has 2 aliphatic rings. The molecule has 1 N–H and O–H groups in total. The molecule has 1 amide bonds. The number of amides is 1. The lowest BCUT2D eigenvalue weighted by Gasteiger charge is -2.08. The maximum atomic E-state index is 11.5. The van der Waals surface area contributed by atoms with Crippen LogP contribution in [-0.4, -0.2) is 10.7 Å². The summed E-state index contributed by atoms with van der Waals surface area (Å²) in [6.45, 7) is 5.88. The molecule has 0 unspecified atom stereocenters. The van der Waals surface area contributed by atoms with Crippen molar-refractivity contribution in [2.24, 2.45) is 11.8 Å². The second kappa shape index (κ2) is 3.05. The Hall–Kier alpha value is -0.440. The molecular weight excluding hydrogens is 182 g/mol. The van der Waals surface area contributed by atoms with E-state index in [-0.39, 0.29) is 11.8 Å². The van der Waals surface area contributed by atoms with Gasteiger partial charge in [0.1, 0.15) is 0 Å². The topological polar surface area (TPSA) is 29.1 Å². The van der Waals surface area contributed by atoms with Crippen molar-refractivity contribution in [2.75, 3.05) is 0 Å². The van der Waals surface area contributed by atoms with Gasteiger partial charge in [-0.25, -0.2) is 0 Å². The highest BCUT2D eigenvalue weighted by Gasteiger charge is 2.43. The molecule has 3 heteroatoms. The van der Waals surface area contributed by atoms with Crippen molar-refractivity contribution in [1.82, 2.24) is 4.72 Å². The molecule has 0 spiro atoms. The first kappa shape index (κ1) is 9.13. The molecule has 0 heterocycles. The van der Waals surface area contributed by atoms with Gasteiger partial charge in [-0.2, -0.15) is 0 Å². The summed E-state index contributed by atoms with van der Waals surface area (Å²) >= 11 is 1.60. The fraction of sp³-hybridized carbons (Fsp3) is 0.700. The third-order valence-electron chi connectivity index (χ3n) is 2.83. The van der Waals surface area contributed by atoms with Crippen LogP contribution in [0.3, 0.4) is 0 Å². The maximum Gasteiger partial charge on any atom is 0.233 e. The molecule has 0 bridgehead atoms. The van der Waals surface area contributed by atoms with E-state index in [0.29, 0.717) is 10.7 Å². The van der Waals surface area contributed by atoms with Gasteiger partial charge >= 0.3 is 0 Å². The van der Waals surface area contributed by atoms with E-state index in [0.717, 1.165) is 6.42 Å². The summed E-state index contributed by atoms with van der Waals surface area (Å²) in [7, 11) is 0. The Morgan fingerprint density at radius 2 is 2.38 bits per heavy atom. The average Bonchev–Trinajstić information content (AvgIpc) is 2.97. The highest BCUT2D eigenvalue weighted by molar-refractivity contribution is 7.99. The Bertz CT molecular complexity index is 247. The standard InChI is InChI=1S/C10H15NOS/c1-3-7-6-8(7)9(12)11-13-10(2)4-5-10/h3,7-8H,1,4-6H2,2H3,(H,11,12)/t7-,8+/m1/s1. The second-order valence-corrected chi connectivity index (χ2v) is 5.65. The summed E-state index contributed by atoms with van der Waals surface area (Å²) in [5.74, 6) is 0.850. The van der Waals surface area contributed by atoms with Crippen molar-refractivity contribution >= 4 is 17.9 Å². The molecule has 72 valence electrons. The predicted octanol–water partition coefficient (Wildman–Crippen LogP) is 2.13. The van der Waals surface area contributed by atoms with Crippen molar-refractivity contribution in [3.8, 4) is 0 Å². The highest BCUT2D eigenvalue weighted by atomic mass is 32.2. The van der Waals surface area contributed by atoms with Crippen molar-refractivity contribution in [1.29, 1.82) is 0 Å². The quantitative estimate of drug-likeness (QED) is 0.552. The number of carbonyl (C=O) groups excluding carboxylic acids is 1. The maximum absolute atomic E-state index is 11.5. The molecule has 2 rings (SSSR count). The minimum atomic E-state index is 0.197. The van der Waals surface area contributed by atoms with Crippen LogP contribution < -0.4 is 4.72 Å². The van der Waals surface area contributed by atoms with Crippen LogP contribution in [0, 0.1) is 11.8 Å². The zero-order chi connectivity index (χ0) is 9.47. The Morgan fingerprint density at radius 3 is 2.85 bits per heavy atom. The largest absolute Gasteiger partial charge is 0.299 e. The number of hydrogen-bond acceptors (Lipinski definition) is 2. The average molecular weight is 197 g/mol. The summed E-state index contributed by atoms with van der Waals surface area (Å²) in [6.07, 6.45) is 5.33. The molecule has 0 radical (unpaired) electrons. The van der Waals surface area contributed by atoms with Crippen molar-refractivity contribution in [3.05, 3.63) is 12.7 Å². The summed E-state index contributed by atoms with van der Waals surface area (Å²) < 4.78 is 3.28. The number of nitrogens with one attached hydrogen (secondary N) is 1. The van der Waals surface area contributed by atoms with Gasteiger partial charge in [0.25, 0.3) is 0 Å². The molecular formula is C10H15NOS. The van der Waals surface area contributed by atoms with Gasteiger partial charge in [-0.05, 0) is 44.1 Å². The summed E-state index contributed by atoms with van der Waals surface area (Å²) in [5.41, 5.74) is 0. The third-order valence-corrected chi connectivity index (χ3v) is 4.04. The van der Waals surface area contributed by atoms with E-state index in [9.17, 15) is 4.79 Å². The number of allylic oxidation sites excluding steroid dienone is 1. The van der Waals surface area contributed by atoms with Crippen LogP contribution in [-0.2, 0) is 4.79 Å². The SMILES string of the molecule is C=C[C@@H]1C[C@@H]1C(=O)NSC1(C)CC1. The van der Waals surface area contributed by atoms with Crippen LogP contribution in [0.1, 0.15) is 26.2 Å². The number of rotatable bonds is 4. The van der Waals surface area contributed by atoms with Crippen LogP contribution in [0.5, 0.6) is 0 Å². The highest BCUT2D eigenvalue weighted by Crippen LogP contribution is 2.47. The molecule has 13 heavy (non-hydrogen) atoms. The van der Waals surface area contributed by atoms with Gasteiger partial charge in [0.05, 0.1) is 0 Å². The summed E-state index contributed by atoms with van der Waals surface area (Å²) in [4.78, 5) is 11.5. The van der Waals surface area contributed by atoms with Gasteiger partial charge in [0.2, 0.25) is 5.91 Å². The molecule has 2 nitrogen and oxygen atoms in total. The normalized spacial score (nSPS) is 33.6.